The molecule has 6 nitrogen and oxygen atoms in total. The largest absolute Gasteiger partial charge is 0.351 e. The number of benzene rings is 2. The molecular weight excluding hydrogens is 493 g/mol. The van der Waals surface area contributed by atoms with Crippen molar-refractivity contribution in [1.82, 2.24) is 14.8 Å². The third kappa shape index (κ3) is 6.47. The molecule has 1 atom stereocenters. The maximum absolute atomic E-state index is 13.5. The zero-order valence-corrected chi connectivity index (χ0v) is 22.8. The highest BCUT2D eigenvalue weighted by Gasteiger charge is 2.31. The SMILES string of the molecule is CCCC(=O)Cc1ccc2[nH]c(C(=O)N3CCC[C@H]3CCN3CCC(C(=O)c4ccc(F)cc4)CC3)cc2c1. The Morgan fingerprint density at radius 3 is 2.49 bits per heavy atom. The third-order valence-electron chi connectivity index (χ3n) is 8.35. The molecule has 0 unspecified atom stereocenters. The summed E-state index contributed by atoms with van der Waals surface area (Å²) in [5, 5.41) is 0.967. The van der Waals surface area contributed by atoms with Crippen LogP contribution in [0.2, 0.25) is 0 Å². The van der Waals surface area contributed by atoms with Crippen LogP contribution in [0.5, 0.6) is 0 Å². The normalized spacial score (nSPS) is 18.6. The van der Waals surface area contributed by atoms with Gasteiger partial charge in [0.05, 0.1) is 0 Å². The number of aromatic nitrogens is 1. The van der Waals surface area contributed by atoms with Crippen molar-refractivity contribution in [1.29, 1.82) is 0 Å². The van der Waals surface area contributed by atoms with Gasteiger partial charge in [0.1, 0.15) is 17.3 Å². The quantitative estimate of drug-likeness (QED) is 0.335. The predicted molar refractivity (Wildman–Crippen MR) is 150 cm³/mol. The minimum Gasteiger partial charge on any atom is -0.351 e. The van der Waals surface area contributed by atoms with Crippen LogP contribution >= 0.6 is 0 Å². The fourth-order valence-electron chi connectivity index (χ4n) is 6.16. The summed E-state index contributed by atoms with van der Waals surface area (Å²) in [4.78, 5) is 46.0. The molecule has 39 heavy (non-hydrogen) atoms. The van der Waals surface area contributed by atoms with Crippen molar-refractivity contribution in [3.63, 3.8) is 0 Å². The van der Waals surface area contributed by atoms with E-state index >= 15 is 0 Å². The smallest absolute Gasteiger partial charge is 0.270 e. The van der Waals surface area contributed by atoms with E-state index in [2.05, 4.69) is 9.88 Å². The molecule has 5 rings (SSSR count). The van der Waals surface area contributed by atoms with Gasteiger partial charge >= 0.3 is 0 Å². The molecular formula is C32H38FN3O3. The Kier molecular flexibility index (Phi) is 8.56. The molecule has 2 aliphatic rings. The van der Waals surface area contributed by atoms with E-state index in [1.807, 2.05) is 36.1 Å². The second-order valence-corrected chi connectivity index (χ2v) is 11.1. The van der Waals surface area contributed by atoms with Crippen molar-refractivity contribution in [2.75, 3.05) is 26.2 Å². The van der Waals surface area contributed by atoms with Gasteiger partial charge in [0, 0.05) is 54.4 Å². The van der Waals surface area contributed by atoms with Crippen molar-refractivity contribution in [2.24, 2.45) is 5.92 Å². The van der Waals surface area contributed by atoms with E-state index in [0.717, 1.165) is 81.2 Å². The topological polar surface area (TPSA) is 73.5 Å². The number of ketones is 2. The lowest BCUT2D eigenvalue weighted by Crippen LogP contribution is -2.41. The fraction of sp³-hybridized carbons (Fsp3) is 0.469. The number of Topliss-reactive ketones (excluding diaryl/α,β-unsaturated/α-hetero) is 2. The number of carbonyl (C=O) groups is 3. The number of hydrogen-bond acceptors (Lipinski definition) is 4. The van der Waals surface area contributed by atoms with Crippen molar-refractivity contribution < 1.29 is 18.8 Å². The Hall–Kier alpha value is -3.32. The summed E-state index contributed by atoms with van der Waals surface area (Å²) < 4.78 is 13.2. The molecule has 2 aliphatic heterocycles. The van der Waals surface area contributed by atoms with Gasteiger partial charge in [-0.25, -0.2) is 4.39 Å². The second kappa shape index (κ2) is 12.2. The molecule has 1 aromatic heterocycles. The Morgan fingerprint density at radius 2 is 1.74 bits per heavy atom. The molecule has 2 aromatic carbocycles. The summed E-state index contributed by atoms with van der Waals surface area (Å²) in [6, 6.07) is 13.9. The van der Waals surface area contributed by atoms with E-state index in [0.29, 0.717) is 24.1 Å². The number of nitrogens with zero attached hydrogens (tertiary/aromatic N) is 2. The Morgan fingerprint density at radius 1 is 0.974 bits per heavy atom. The van der Waals surface area contributed by atoms with Crippen LogP contribution in [0.1, 0.15) is 78.3 Å². The number of nitrogens with one attached hydrogen (secondary N) is 1. The molecule has 2 saturated heterocycles. The number of rotatable bonds is 10. The molecule has 1 N–H and O–H groups in total. The van der Waals surface area contributed by atoms with E-state index in [9.17, 15) is 18.8 Å². The number of aromatic amines is 1. The van der Waals surface area contributed by atoms with Gasteiger partial charge in [-0.05, 0) is 99.6 Å². The summed E-state index contributed by atoms with van der Waals surface area (Å²) in [6.07, 6.45) is 6.45. The molecule has 2 fully saturated rings. The van der Waals surface area contributed by atoms with Gasteiger partial charge in [-0.3, -0.25) is 14.4 Å². The lowest BCUT2D eigenvalue weighted by Gasteiger charge is -2.33. The van der Waals surface area contributed by atoms with Crippen molar-refractivity contribution in [3.05, 3.63) is 71.2 Å². The minimum absolute atomic E-state index is 0.0106. The highest BCUT2D eigenvalue weighted by Crippen LogP contribution is 2.27. The Bertz CT molecular complexity index is 1320. The molecule has 206 valence electrons. The van der Waals surface area contributed by atoms with Gasteiger partial charge in [0.2, 0.25) is 0 Å². The number of fused-ring (bicyclic) bond motifs is 1. The summed E-state index contributed by atoms with van der Waals surface area (Å²) in [5.74, 6) is 0.0620. The molecule has 1 amide bonds. The number of H-pyrrole nitrogens is 1. The number of hydrogen-bond donors (Lipinski definition) is 1. The van der Waals surface area contributed by atoms with Gasteiger partial charge in [-0.15, -0.1) is 0 Å². The number of carbonyl (C=O) groups excluding carboxylic acids is 3. The standard InChI is InChI=1S/C32H38FN3O3/c1-2-4-28(37)20-22-6-11-29-25(19-22)21-30(34-29)32(39)36-15-3-5-27(36)14-18-35-16-12-24(13-17-35)31(38)23-7-9-26(33)10-8-23/h6-11,19,21,24,27,34H,2-5,12-18,20H2,1H3/t27-/m0/s1. The van der Waals surface area contributed by atoms with Gasteiger partial charge < -0.3 is 14.8 Å². The summed E-state index contributed by atoms with van der Waals surface area (Å²) >= 11 is 0. The van der Waals surface area contributed by atoms with Crippen molar-refractivity contribution >= 4 is 28.4 Å². The zero-order chi connectivity index (χ0) is 27.4. The van der Waals surface area contributed by atoms with Gasteiger partial charge in [-0.2, -0.15) is 0 Å². The van der Waals surface area contributed by atoms with E-state index in [-0.39, 0.29) is 35.3 Å². The zero-order valence-electron chi connectivity index (χ0n) is 22.8. The first-order valence-corrected chi connectivity index (χ1v) is 14.4. The highest BCUT2D eigenvalue weighted by atomic mass is 19.1. The van der Waals surface area contributed by atoms with Crippen LogP contribution in [0.4, 0.5) is 4.39 Å². The second-order valence-electron chi connectivity index (χ2n) is 11.1. The van der Waals surface area contributed by atoms with Gasteiger partial charge in [0.15, 0.2) is 5.78 Å². The van der Waals surface area contributed by atoms with Crippen molar-refractivity contribution in [3.8, 4) is 0 Å². The maximum atomic E-state index is 13.5. The lowest BCUT2D eigenvalue weighted by molar-refractivity contribution is -0.118. The third-order valence-corrected chi connectivity index (χ3v) is 8.35. The molecule has 0 saturated carbocycles. The maximum Gasteiger partial charge on any atom is 0.270 e. The van der Waals surface area contributed by atoms with Gasteiger partial charge in [-0.1, -0.05) is 13.0 Å². The van der Waals surface area contributed by atoms with Gasteiger partial charge in [0.25, 0.3) is 5.91 Å². The Labute approximate surface area is 229 Å². The summed E-state index contributed by atoms with van der Waals surface area (Å²) in [7, 11) is 0. The Balaban J connectivity index is 1.14. The van der Waals surface area contributed by atoms with E-state index < -0.39 is 0 Å². The monoisotopic (exact) mass is 531 g/mol. The summed E-state index contributed by atoms with van der Waals surface area (Å²) in [6.45, 7) is 5.42. The average molecular weight is 532 g/mol. The molecule has 7 heteroatoms. The van der Waals surface area contributed by atoms with Crippen LogP contribution in [-0.2, 0) is 11.2 Å². The number of piperidine rings is 1. The fourth-order valence-corrected chi connectivity index (χ4v) is 6.16. The molecule has 0 aliphatic carbocycles. The number of halogens is 1. The number of likely N-dealkylation sites (tertiary alicyclic amines) is 2. The number of amides is 1. The molecule has 0 radical (unpaired) electrons. The first kappa shape index (κ1) is 27.3. The van der Waals surface area contributed by atoms with Crippen LogP contribution in [-0.4, -0.2) is 64.5 Å². The predicted octanol–water partition coefficient (Wildman–Crippen LogP) is 5.81. The van der Waals surface area contributed by atoms with Crippen LogP contribution in [0.3, 0.4) is 0 Å². The van der Waals surface area contributed by atoms with Crippen LogP contribution in [0.15, 0.2) is 48.5 Å². The first-order valence-electron chi connectivity index (χ1n) is 14.4. The van der Waals surface area contributed by atoms with E-state index in [1.165, 1.54) is 12.1 Å². The lowest BCUT2D eigenvalue weighted by atomic mass is 9.88. The molecule has 0 spiro atoms. The van der Waals surface area contributed by atoms with Crippen LogP contribution in [0.25, 0.3) is 10.9 Å². The van der Waals surface area contributed by atoms with Crippen molar-refractivity contribution in [2.45, 2.75) is 64.3 Å². The molecule has 3 aromatic rings. The summed E-state index contributed by atoms with van der Waals surface area (Å²) in [5.41, 5.74) is 3.10. The van der Waals surface area contributed by atoms with E-state index in [1.54, 1.807) is 12.1 Å². The highest BCUT2D eigenvalue weighted by molar-refractivity contribution is 5.99. The van der Waals surface area contributed by atoms with Crippen LogP contribution in [0, 0.1) is 11.7 Å². The minimum atomic E-state index is -0.324. The average Bonchev–Trinajstić information content (AvgIpc) is 3.59. The molecule has 0 bridgehead atoms. The van der Waals surface area contributed by atoms with E-state index in [4.69, 9.17) is 0 Å². The molecule has 3 heterocycles. The van der Waals surface area contributed by atoms with Crippen LogP contribution < -0.4 is 0 Å². The first-order chi connectivity index (χ1) is 18.9.